The van der Waals surface area contributed by atoms with Gasteiger partial charge in [-0.05, 0) is 55.1 Å². The molecule has 0 amide bonds. The van der Waals surface area contributed by atoms with Gasteiger partial charge in [0, 0.05) is 24.6 Å². The Morgan fingerprint density at radius 2 is 1.96 bits per heavy atom. The maximum Gasteiger partial charge on any atom is 0.130 e. The molecule has 0 aromatic heterocycles. The highest BCUT2D eigenvalue weighted by molar-refractivity contribution is 5.86. The second kappa shape index (κ2) is 7.69. The Morgan fingerprint density at radius 3 is 2.67 bits per heavy atom. The fraction of sp³-hybridized carbons (Fsp3) is 0.263. The molecule has 1 heterocycles. The fourth-order valence-corrected chi connectivity index (χ4v) is 2.98. The standard InChI is InChI=1S/C19H20FNO2.ClH/c1-21(2)12-14-8-9-23-18-11-15(20)6-7-17(18)19(14)13-4-3-5-16(22)10-13;/h3-7,10-11,22H,8-9,12H2,1-2H3;1H. The minimum absolute atomic E-state index is 0. The Labute approximate surface area is 147 Å². The van der Waals surface area contributed by atoms with Gasteiger partial charge < -0.3 is 14.7 Å². The molecule has 1 aliphatic rings. The number of phenolic OH excluding ortho intramolecular Hbond substituents is 1. The van der Waals surface area contributed by atoms with Crippen molar-refractivity contribution in [1.82, 2.24) is 4.90 Å². The Kier molecular flexibility index (Phi) is 5.86. The molecular formula is C19H21ClFNO2. The smallest absolute Gasteiger partial charge is 0.130 e. The van der Waals surface area contributed by atoms with E-state index in [-0.39, 0.29) is 24.0 Å². The predicted molar refractivity (Wildman–Crippen MR) is 96.4 cm³/mol. The van der Waals surface area contributed by atoms with Crippen molar-refractivity contribution in [3.63, 3.8) is 0 Å². The molecule has 0 aliphatic carbocycles. The second-order valence-electron chi connectivity index (χ2n) is 6.01. The number of fused-ring (bicyclic) bond motifs is 1. The first-order valence-electron chi connectivity index (χ1n) is 7.63. The van der Waals surface area contributed by atoms with Crippen LogP contribution in [0.2, 0.25) is 0 Å². The van der Waals surface area contributed by atoms with Crippen molar-refractivity contribution < 1.29 is 14.2 Å². The number of ether oxygens (including phenoxy) is 1. The zero-order valence-corrected chi connectivity index (χ0v) is 14.6. The summed E-state index contributed by atoms with van der Waals surface area (Å²) in [5.74, 6) is 0.459. The highest BCUT2D eigenvalue weighted by atomic mass is 35.5. The SMILES string of the molecule is CN(C)CC1=C(c2cccc(O)c2)c2ccc(F)cc2OCC1.Cl. The molecule has 0 atom stereocenters. The van der Waals surface area contributed by atoms with Crippen LogP contribution in [0.5, 0.6) is 11.5 Å². The summed E-state index contributed by atoms with van der Waals surface area (Å²) in [5.41, 5.74) is 4.01. The molecule has 0 radical (unpaired) electrons. The number of benzene rings is 2. The predicted octanol–water partition coefficient (Wildman–Crippen LogP) is 4.10. The van der Waals surface area contributed by atoms with E-state index in [4.69, 9.17) is 4.74 Å². The molecule has 24 heavy (non-hydrogen) atoms. The summed E-state index contributed by atoms with van der Waals surface area (Å²) < 4.78 is 19.3. The zero-order valence-electron chi connectivity index (χ0n) is 13.8. The van der Waals surface area contributed by atoms with Crippen LogP contribution in [0.15, 0.2) is 48.0 Å². The number of hydrogen-bond acceptors (Lipinski definition) is 3. The second-order valence-corrected chi connectivity index (χ2v) is 6.01. The van der Waals surface area contributed by atoms with Crippen LogP contribution >= 0.6 is 12.4 Å². The zero-order chi connectivity index (χ0) is 16.4. The molecule has 2 aromatic rings. The van der Waals surface area contributed by atoms with Gasteiger partial charge in [-0.1, -0.05) is 12.1 Å². The molecule has 2 aromatic carbocycles. The quantitative estimate of drug-likeness (QED) is 0.905. The molecule has 128 valence electrons. The van der Waals surface area contributed by atoms with Crippen LogP contribution in [-0.4, -0.2) is 37.3 Å². The van der Waals surface area contributed by atoms with Crippen LogP contribution in [0.3, 0.4) is 0 Å². The monoisotopic (exact) mass is 349 g/mol. The molecule has 0 fully saturated rings. The number of phenols is 1. The Morgan fingerprint density at radius 1 is 1.17 bits per heavy atom. The molecule has 3 nitrogen and oxygen atoms in total. The van der Waals surface area contributed by atoms with E-state index in [1.54, 1.807) is 18.2 Å². The molecule has 3 rings (SSSR count). The van der Waals surface area contributed by atoms with E-state index in [0.717, 1.165) is 29.7 Å². The maximum absolute atomic E-state index is 13.6. The lowest BCUT2D eigenvalue weighted by molar-refractivity contribution is 0.317. The lowest BCUT2D eigenvalue weighted by Gasteiger charge is -2.18. The number of aromatic hydroxyl groups is 1. The van der Waals surface area contributed by atoms with Crippen molar-refractivity contribution in [3.8, 4) is 11.5 Å². The van der Waals surface area contributed by atoms with Gasteiger partial charge in [-0.3, -0.25) is 0 Å². The van der Waals surface area contributed by atoms with Gasteiger partial charge in [-0.15, -0.1) is 12.4 Å². The highest BCUT2D eigenvalue weighted by Crippen LogP contribution is 2.38. The lowest BCUT2D eigenvalue weighted by Crippen LogP contribution is -2.17. The molecular weight excluding hydrogens is 329 g/mol. The van der Waals surface area contributed by atoms with Crippen molar-refractivity contribution in [3.05, 3.63) is 65.0 Å². The van der Waals surface area contributed by atoms with E-state index < -0.39 is 0 Å². The van der Waals surface area contributed by atoms with Crippen LogP contribution in [0.1, 0.15) is 17.5 Å². The van der Waals surface area contributed by atoms with Gasteiger partial charge in [-0.2, -0.15) is 0 Å². The third-order valence-corrected chi connectivity index (χ3v) is 3.87. The van der Waals surface area contributed by atoms with Crippen LogP contribution in [0.25, 0.3) is 5.57 Å². The van der Waals surface area contributed by atoms with Crippen molar-refractivity contribution in [2.75, 3.05) is 27.2 Å². The van der Waals surface area contributed by atoms with E-state index in [9.17, 15) is 9.50 Å². The molecule has 0 bridgehead atoms. The van der Waals surface area contributed by atoms with Gasteiger partial charge in [0.15, 0.2) is 0 Å². The van der Waals surface area contributed by atoms with Crippen molar-refractivity contribution in [2.45, 2.75) is 6.42 Å². The largest absolute Gasteiger partial charge is 0.508 e. The van der Waals surface area contributed by atoms with E-state index in [1.165, 1.54) is 17.7 Å². The fourth-order valence-electron chi connectivity index (χ4n) is 2.98. The van der Waals surface area contributed by atoms with Crippen LogP contribution in [0.4, 0.5) is 4.39 Å². The third kappa shape index (κ3) is 3.89. The third-order valence-electron chi connectivity index (χ3n) is 3.87. The summed E-state index contributed by atoms with van der Waals surface area (Å²) >= 11 is 0. The number of nitrogens with zero attached hydrogens (tertiary/aromatic N) is 1. The summed E-state index contributed by atoms with van der Waals surface area (Å²) in [6.07, 6.45) is 0.763. The van der Waals surface area contributed by atoms with Crippen molar-refractivity contribution in [1.29, 1.82) is 0 Å². The van der Waals surface area contributed by atoms with Gasteiger partial charge in [-0.25, -0.2) is 4.39 Å². The lowest BCUT2D eigenvalue weighted by atomic mass is 9.91. The first-order chi connectivity index (χ1) is 11.0. The Balaban J connectivity index is 0.00000208. The van der Waals surface area contributed by atoms with Gasteiger partial charge in [0.25, 0.3) is 0 Å². The molecule has 1 N–H and O–H groups in total. The molecule has 0 unspecified atom stereocenters. The summed E-state index contributed by atoms with van der Waals surface area (Å²) in [7, 11) is 4.04. The molecule has 0 saturated carbocycles. The van der Waals surface area contributed by atoms with Crippen molar-refractivity contribution in [2.24, 2.45) is 0 Å². The van der Waals surface area contributed by atoms with Crippen LogP contribution in [-0.2, 0) is 0 Å². The Hall–Kier alpha value is -2.04. The average molecular weight is 350 g/mol. The van der Waals surface area contributed by atoms with Crippen LogP contribution in [0, 0.1) is 5.82 Å². The molecule has 1 aliphatic heterocycles. The van der Waals surface area contributed by atoms with Gasteiger partial charge >= 0.3 is 0 Å². The average Bonchev–Trinajstić information content (AvgIpc) is 2.65. The van der Waals surface area contributed by atoms with Gasteiger partial charge in [0.05, 0.1) is 6.61 Å². The molecule has 0 spiro atoms. The number of likely N-dealkylation sites (N-methyl/N-ethyl adjacent to an activating group) is 1. The number of halogens is 2. The minimum Gasteiger partial charge on any atom is -0.508 e. The highest BCUT2D eigenvalue weighted by Gasteiger charge is 2.21. The van der Waals surface area contributed by atoms with Crippen molar-refractivity contribution >= 4 is 18.0 Å². The first-order valence-corrected chi connectivity index (χ1v) is 7.63. The molecule has 0 saturated heterocycles. The summed E-state index contributed by atoms with van der Waals surface area (Å²) in [6.45, 7) is 1.30. The first kappa shape index (κ1) is 18.3. The normalized spacial score (nSPS) is 13.8. The van der Waals surface area contributed by atoms with E-state index in [0.29, 0.717) is 12.4 Å². The minimum atomic E-state index is -0.310. The summed E-state index contributed by atoms with van der Waals surface area (Å²) in [4.78, 5) is 2.10. The molecule has 5 heteroatoms. The Bertz CT molecular complexity index is 759. The van der Waals surface area contributed by atoms with E-state index in [2.05, 4.69) is 4.90 Å². The van der Waals surface area contributed by atoms with Gasteiger partial charge in [0.1, 0.15) is 17.3 Å². The van der Waals surface area contributed by atoms with Gasteiger partial charge in [0.2, 0.25) is 0 Å². The van der Waals surface area contributed by atoms with E-state index in [1.807, 2.05) is 26.2 Å². The summed E-state index contributed by atoms with van der Waals surface area (Å²) in [5, 5.41) is 9.85. The maximum atomic E-state index is 13.6. The van der Waals surface area contributed by atoms with Crippen LogP contribution < -0.4 is 4.74 Å². The topological polar surface area (TPSA) is 32.7 Å². The number of hydrogen-bond donors (Lipinski definition) is 1. The van der Waals surface area contributed by atoms with E-state index >= 15 is 0 Å². The number of rotatable bonds is 3. The summed E-state index contributed by atoms with van der Waals surface area (Å²) in [6, 6.07) is 11.8.